The van der Waals surface area contributed by atoms with Gasteiger partial charge >= 0.3 is 11.9 Å². The highest BCUT2D eigenvalue weighted by Gasteiger charge is 2.65. The van der Waals surface area contributed by atoms with Crippen LogP contribution in [0.2, 0.25) is 0 Å². The van der Waals surface area contributed by atoms with Gasteiger partial charge in [0.1, 0.15) is 12.7 Å². The molecule has 0 aromatic carbocycles. The minimum Gasteiger partial charge on any atom is -0.462 e. The summed E-state index contributed by atoms with van der Waals surface area (Å²) in [6.45, 7) is 8.55. The van der Waals surface area contributed by atoms with Crippen molar-refractivity contribution in [1.82, 2.24) is 0 Å². The zero-order valence-electron chi connectivity index (χ0n) is 19.9. The Hall–Kier alpha value is -2.46. The molecule has 0 aliphatic heterocycles. The molecule has 3 fully saturated rings. The summed E-state index contributed by atoms with van der Waals surface area (Å²) in [5.41, 5.74) is 3.42. The van der Waals surface area contributed by atoms with Gasteiger partial charge in [-0.25, -0.2) is 0 Å². The fourth-order valence-electron chi connectivity index (χ4n) is 7.87. The number of hydrogen-bond acceptors (Lipinski definition) is 6. The molecule has 178 valence electrons. The maximum atomic E-state index is 13.2. The third-order valence-corrected chi connectivity index (χ3v) is 8.98. The number of ketones is 2. The van der Waals surface area contributed by atoms with Gasteiger partial charge < -0.3 is 9.47 Å². The molecule has 1 unspecified atom stereocenters. The number of carbonyl (C=O) groups is 4. The summed E-state index contributed by atoms with van der Waals surface area (Å²) < 4.78 is 11.0. The zero-order chi connectivity index (χ0) is 24.0. The van der Waals surface area contributed by atoms with Crippen molar-refractivity contribution >= 4 is 23.5 Å². The quantitative estimate of drug-likeness (QED) is 0.459. The van der Waals surface area contributed by atoms with Crippen molar-refractivity contribution in [1.29, 1.82) is 0 Å². The monoisotopic (exact) mass is 454 g/mol. The van der Waals surface area contributed by atoms with E-state index in [0.29, 0.717) is 19.3 Å². The highest BCUT2D eigenvalue weighted by atomic mass is 16.5. The van der Waals surface area contributed by atoms with E-state index in [1.807, 2.05) is 12.2 Å². The van der Waals surface area contributed by atoms with Crippen LogP contribution in [-0.4, -0.2) is 36.2 Å². The molecule has 4 rings (SSSR count). The second kappa shape index (κ2) is 8.72. The van der Waals surface area contributed by atoms with E-state index in [1.165, 1.54) is 19.4 Å². The Labute approximate surface area is 195 Å². The predicted octanol–water partition coefficient (Wildman–Crippen LogP) is 4.13. The van der Waals surface area contributed by atoms with Crippen molar-refractivity contribution in [2.45, 2.75) is 71.8 Å². The largest absolute Gasteiger partial charge is 0.462 e. The van der Waals surface area contributed by atoms with E-state index in [-0.39, 0.29) is 59.3 Å². The lowest BCUT2D eigenvalue weighted by Gasteiger charge is -2.60. The number of allylic oxidation sites excluding steroid dienone is 2. The smallest absolute Gasteiger partial charge is 0.303 e. The third kappa shape index (κ3) is 3.93. The normalized spacial score (nSPS) is 39.2. The standard InChI is InChI=1S/C27H34O6/c1-5-11-27-14-24(33-17(3)29)25-20(7-6-18-13-19(30)10-12-26(18,25)4)21(27)8-9-22(27)23(31)15-32-16(2)28/h11,13,20-22,24-25H,1,6-10,12,14-15H2,2-4H3/t20-,21-,22+,24?,25+,26-,27-/m0/s1. The number of carbonyl (C=O) groups excluding carboxylic acids is 4. The molecule has 0 radical (unpaired) electrons. The molecule has 4 aliphatic carbocycles. The maximum Gasteiger partial charge on any atom is 0.303 e. The molecule has 0 saturated heterocycles. The van der Waals surface area contributed by atoms with Crippen LogP contribution in [0.1, 0.15) is 65.7 Å². The van der Waals surface area contributed by atoms with E-state index in [2.05, 4.69) is 19.2 Å². The van der Waals surface area contributed by atoms with Gasteiger partial charge in [-0.3, -0.25) is 19.2 Å². The third-order valence-electron chi connectivity index (χ3n) is 8.98. The van der Waals surface area contributed by atoms with Crippen molar-refractivity contribution in [2.24, 2.45) is 34.5 Å². The highest BCUT2D eigenvalue weighted by Crippen LogP contribution is 2.67. The zero-order valence-corrected chi connectivity index (χ0v) is 19.9. The van der Waals surface area contributed by atoms with E-state index < -0.39 is 11.4 Å². The maximum absolute atomic E-state index is 13.2. The molecule has 0 aromatic heterocycles. The number of rotatable bonds is 5. The lowest BCUT2D eigenvalue weighted by molar-refractivity contribution is -0.173. The molecule has 0 amide bonds. The van der Waals surface area contributed by atoms with Crippen LogP contribution in [0, 0.1) is 34.5 Å². The number of hydrogen-bond donors (Lipinski definition) is 0. The van der Waals surface area contributed by atoms with Gasteiger partial charge in [0.05, 0.1) is 0 Å². The predicted molar refractivity (Wildman–Crippen MR) is 121 cm³/mol. The van der Waals surface area contributed by atoms with Gasteiger partial charge in [-0.15, -0.1) is 5.73 Å². The summed E-state index contributed by atoms with van der Waals surface area (Å²) >= 11 is 0. The van der Waals surface area contributed by atoms with Gasteiger partial charge in [-0.1, -0.05) is 19.1 Å². The molecule has 0 spiro atoms. The summed E-state index contributed by atoms with van der Waals surface area (Å²) in [5.74, 6) is -0.449. The van der Waals surface area contributed by atoms with Crippen LogP contribution in [0.3, 0.4) is 0 Å². The molecule has 33 heavy (non-hydrogen) atoms. The summed E-state index contributed by atoms with van der Waals surface area (Å²) in [4.78, 5) is 48.9. The molecule has 3 saturated carbocycles. The van der Waals surface area contributed by atoms with E-state index in [0.717, 1.165) is 25.7 Å². The SMILES string of the molecule is C=C=C[C@]12CC(OC(C)=O)[C@H]3[C@@H](CCC4=CC(=O)CC[C@@]43C)[C@@H]1CC[C@@H]2C(=O)COC(C)=O. The van der Waals surface area contributed by atoms with Crippen molar-refractivity contribution in [3.63, 3.8) is 0 Å². The van der Waals surface area contributed by atoms with E-state index in [9.17, 15) is 19.2 Å². The Balaban J connectivity index is 1.76. The van der Waals surface area contributed by atoms with E-state index in [4.69, 9.17) is 9.47 Å². The van der Waals surface area contributed by atoms with Crippen molar-refractivity contribution in [3.8, 4) is 0 Å². The topological polar surface area (TPSA) is 86.7 Å². The van der Waals surface area contributed by atoms with Crippen LogP contribution in [0.25, 0.3) is 0 Å². The minimum absolute atomic E-state index is 0.0925. The first-order valence-electron chi connectivity index (χ1n) is 12.1. The van der Waals surface area contributed by atoms with Gasteiger partial charge in [-0.05, 0) is 67.9 Å². The Morgan fingerprint density at radius 3 is 2.61 bits per heavy atom. The lowest BCUT2D eigenvalue weighted by Crippen LogP contribution is -2.58. The van der Waals surface area contributed by atoms with E-state index in [1.54, 1.807) is 0 Å². The molecule has 7 atom stereocenters. The Kier molecular flexibility index (Phi) is 6.26. The van der Waals surface area contributed by atoms with Crippen molar-refractivity contribution in [2.75, 3.05) is 6.61 Å². The number of fused-ring (bicyclic) bond motifs is 5. The second-order valence-electron chi connectivity index (χ2n) is 10.6. The fourth-order valence-corrected chi connectivity index (χ4v) is 7.87. The first kappa shape index (κ1) is 23.7. The van der Waals surface area contributed by atoms with Gasteiger partial charge in [-0.2, -0.15) is 0 Å². The van der Waals surface area contributed by atoms with Crippen molar-refractivity contribution < 1.29 is 28.7 Å². The highest BCUT2D eigenvalue weighted by molar-refractivity contribution is 5.91. The first-order chi connectivity index (χ1) is 15.6. The average Bonchev–Trinajstić information content (AvgIpc) is 3.11. The molecular weight excluding hydrogens is 420 g/mol. The molecule has 6 heteroatoms. The van der Waals surface area contributed by atoms with Crippen LogP contribution in [0.15, 0.2) is 30.0 Å². The summed E-state index contributed by atoms with van der Waals surface area (Å²) in [6, 6.07) is 0. The Morgan fingerprint density at radius 1 is 1.18 bits per heavy atom. The van der Waals surface area contributed by atoms with Crippen LogP contribution < -0.4 is 0 Å². The number of Topliss-reactive ketones (excluding diaryl/α,β-unsaturated/α-hetero) is 1. The molecule has 4 aliphatic rings. The second-order valence-corrected chi connectivity index (χ2v) is 10.6. The molecule has 0 heterocycles. The first-order valence-corrected chi connectivity index (χ1v) is 12.1. The van der Waals surface area contributed by atoms with Crippen LogP contribution in [0.5, 0.6) is 0 Å². The van der Waals surface area contributed by atoms with Crippen LogP contribution in [0.4, 0.5) is 0 Å². The van der Waals surface area contributed by atoms with Gasteiger partial charge in [0.2, 0.25) is 0 Å². The molecule has 0 N–H and O–H groups in total. The minimum atomic E-state index is -0.525. The Bertz CT molecular complexity index is 956. The molecular formula is C27H34O6. The van der Waals surface area contributed by atoms with Gasteiger partial charge in [0.25, 0.3) is 0 Å². The summed E-state index contributed by atoms with van der Waals surface area (Å²) in [6.07, 6.45) is 8.55. The van der Waals surface area contributed by atoms with Crippen molar-refractivity contribution in [3.05, 3.63) is 30.0 Å². The summed E-state index contributed by atoms with van der Waals surface area (Å²) in [7, 11) is 0. The lowest BCUT2D eigenvalue weighted by atomic mass is 9.45. The molecule has 6 nitrogen and oxygen atoms in total. The molecule has 0 bridgehead atoms. The van der Waals surface area contributed by atoms with Crippen LogP contribution in [-0.2, 0) is 28.7 Å². The van der Waals surface area contributed by atoms with Crippen LogP contribution >= 0.6 is 0 Å². The van der Waals surface area contributed by atoms with Gasteiger partial charge in [0, 0.05) is 37.5 Å². The Morgan fingerprint density at radius 2 is 1.94 bits per heavy atom. The molecule has 0 aromatic rings. The fraction of sp³-hybridized carbons (Fsp3) is 0.667. The average molecular weight is 455 g/mol. The van der Waals surface area contributed by atoms with Gasteiger partial charge in [0.15, 0.2) is 11.6 Å². The number of ether oxygens (including phenoxy) is 2. The summed E-state index contributed by atoms with van der Waals surface area (Å²) in [5, 5.41) is 0. The van der Waals surface area contributed by atoms with E-state index >= 15 is 0 Å². The number of esters is 2.